The summed E-state index contributed by atoms with van der Waals surface area (Å²) in [5.74, 6) is 0.579. The molecule has 1 amide bonds. The molecule has 2 heterocycles. The van der Waals surface area contributed by atoms with Crippen molar-refractivity contribution in [1.29, 1.82) is 0 Å². The topological polar surface area (TPSA) is 72.7 Å². The summed E-state index contributed by atoms with van der Waals surface area (Å²) in [5, 5.41) is 6.73. The van der Waals surface area contributed by atoms with Gasteiger partial charge in [0.1, 0.15) is 12.7 Å². The summed E-state index contributed by atoms with van der Waals surface area (Å²) in [5.41, 5.74) is 0.674. The van der Waals surface area contributed by atoms with E-state index in [4.69, 9.17) is 0 Å². The van der Waals surface area contributed by atoms with Gasteiger partial charge in [-0.25, -0.2) is 14.6 Å². The number of hydrogen-bond donors (Lipinski definition) is 1. The third kappa shape index (κ3) is 2.66. The van der Waals surface area contributed by atoms with E-state index < -0.39 is 0 Å². The maximum atomic E-state index is 11.5. The molecule has 0 atom stereocenters. The summed E-state index contributed by atoms with van der Waals surface area (Å²) < 4.78 is 1.55. The van der Waals surface area contributed by atoms with Gasteiger partial charge in [0.05, 0.1) is 11.9 Å². The first kappa shape index (κ1) is 11.3. The number of carbonyl (C=O) groups excluding carboxylic acids is 1. The van der Waals surface area contributed by atoms with E-state index in [1.165, 1.54) is 6.33 Å². The summed E-state index contributed by atoms with van der Waals surface area (Å²) in [4.78, 5) is 19.5. The van der Waals surface area contributed by atoms with E-state index in [0.29, 0.717) is 11.5 Å². The van der Waals surface area contributed by atoms with Gasteiger partial charge in [0, 0.05) is 5.92 Å². The zero-order valence-corrected chi connectivity index (χ0v) is 9.66. The van der Waals surface area contributed by atoms with Gasteiger partial charge < -0.3 is 5.32 Å². The maximum absolute atomic E-state index is 11.5. The molecule has 0 aliphatic heterocycles. The summed E-state index contributed by atoms with van der Waals surface area (Å²) in [7, 11) is 0. The van der Waals surface area contributed by atoms with Crippen LogP contribution in [0.25, 0.3) is 5.82 Å². The maximum Gasteiger partial charge on any atom is 0.226 e. The highest BCUT2D eigenvalue weighted by Crippen LogP contribution is 2.09. The highest BCUT2D eigenvalue weighted by molar-refractivity contribution is 5.91. The van der Waals surface area contributed by atoms with Crippen LogP contribution in [0.4, 0.5) is 5.69 Å². The largest absolute Gasteiger partial charge is 0.325 e. The first-order valence-corrected chi connectivity index (χ1v) is 5.29. The molecular weight excluding hydrogens is 218 g/mol. The highest BCUT2D eigenvalue weighted by atomic mass is 16.1. The summed E-state index contributed by atoms with van der Waals surface area (Å²) in [6.45, 7) is 3.68. The van der Waals surface area contributed by atoms with E-state index in [1.54, 1.807) is 29.3 Å². The van der Waals surface area contributed by atoms with E-state index in [9.17, 15) is 4.79 Å². The van der Waals surface area contributed by atoms with Gasteiger partial charge in [-0.15, -0.1) is 0 Å². The minimum atomic E-state index is -0.0509. The third-order valence-corrected chi connectivity index (χ3v) is 2.19. The lowest BCUT2D eigenvalue weighted by Crippen LogP contribution is -2.17. The molecule has 88 valence electrons. The lowest BCUT2D eigenvalue weighted by atomic mass is 10.2. The quantitative estimate of drug-likeness (QED) is 0.863. The molecule has 0 unspecified atom stereocenters. The number of carbonyl (C=O) groups is 1. The molecule has 2 aromatic rings. The van der Waals surface area contributed by atoms with Crippen LogP contribution in [0.1, 0.15) is 13.8 Å². The van der Waals surface area contributed by atoms with E-state index in [1.807, 2.05) is 13.8 Å². The molecule has 0 saturated carbocycles. The normalized spacial score (nSPS) is 10.5. The Morgan fingerprint density at radius 2 is 2.24 bits per heavy atom. The van der Waals surface area contributed by atoms with Crippen molar-refractivity contribution >= 4 is 11.6 Å². The number of anilines is 1. The summed E-state index contributed by atoms with van der Waals surface area (Å²) >= 11 is 0. The minimum absolute atomic E-state index is 0.0275. The van der Waals surface area contributed by atoms with Crippen molar-refractivity contribution in [3.63, 3.8) is 0 Å². The van der Waals surface area contributed by atoms with Gasteiger partial charge in [0.2, 0.25) is 5.91 Å². The predicted octanol–water partition coefficient (Wildman–Crippen LogP) is 1.26. The second-order valence-electron chi connectivity index (χ2n) is 3.89. The van der Waals surface area contributed by atoms with Crippen LogP contribution < -0.4 is 5.32 Å². The molecule has 0 aromatic carbocycles. The second kappa shape index (κ2) is 4.73. The molecule has 6 heteroatoms. The van der Waals surface area contributed by atoms with Crippen molar-refractivity contribution in [2.45, 2.75) is 13.8 Å². The van der Waals surface area contributed by atoms with E-state index >= 15 is 0 Å². The Bertz CT molecular complexity index is 489. The van der Waals surface area contributed by atoms with Gasteiger partial charge in [-0.05, 0) is 12.1 Å². The molecule has 1 N–H and O–H groups in total. The standard InChI is InChI=1S/C11H13N5O/c1-8(2)11(17)15-9-3-4-10(13-5-9)16-7-12-6-14-16/h3-8H,1-2H3,(H,15,17). The smallest absolute Gasteiger partial charge is 0.226 e. The van der Waals surface area contributed by atoms with Crippen LogP contribution in [0.5, 0.6) is 0 Å². The van der Waals surface area contributed by atoms with Gasteiger partial charge in [0.15, 0.2) is 5.82 Å². The van der Waals surface area contributed by atoms with Gasteiger partial charge in [0.25, 0.3) is 0 Å². The molecule has 0 aliphatic rings. The molecule has 0 fully saturated rings. The molecule has 0 spiro atoms. The molecule has 2 rings (SSSR count). The number of nitrogens with zero attached hydrogens (tertiary/aromatic N) is 4. The lowest BCUT2D eigenvalue weighted by Gasteiger charge is -2.07. The average molecular weight is 231 g/mol. The monoisotopic (exact) mass is 231 g/mol. The van der Waals surface area contributed by atoms with Gasteiger partial charge in [-0.1, -0.05) is 13.8 Å². The Balaban J connectivity index is 2.11. The number of nitrogens with one attached hydrogen (secondary N) is 1. The van der Waals surface area contributed by atoms with Gasteiger partial charge in [-0.3, -0.25) is 4.79 Å². The zero-order valence-electron chi connectivity index (χ0n) is 9.66. The molecule has 17 heavy (non-hydrogen) atoms. The fraction of sp³-hybridized carbons (Fsp3) is 0.273. The van der Waals surface area contributed by atoms with Crippen molar-refractivity contribution < 1.29 is 4.79 Å². The van der Waals surface area contributed by atoms with E-state index in [2.05, 4.69) is 20.4 Å². The van der Waals surface area contributed by atoms with Crippen LogP contribution in [0.2, 0.25) is 0 Å². The fourth-order valence-electron chi connectivity index (χ4n) is 1.21. The Hall–Kier alpha value is -2.24. The lowest BCUT2D eigenvalue weighted by molar-refractivity contribution is -0.118. The molecule has 6 nitrogen and oxygen atoms in total. The van der Waals surface area contributed by atoms with Crippen LogP contribution in [0, 0.1) is 5.92 Å². The summed E-state index contributed by atoms with van der Waals surface area (Å²) in [6.07, 6.45) is 4.60. The Morgan fingerprint density at radius 3 is 2.76 bits per heavy atom. The minimum Gasteiger partial charge on any atom is -0.325 e. The summed E-state index contributed by atoms with van der Waals surface area (Å²) in [6, 6.07) is 3.55. The third-order valence-electron chi connectivity index (χ3n) is 2.19. The van der Waals surface area contributed by atoms with Crippen molar-refractivity contribution in [1.82, 2.24) is 19.7 Å². The van der Waals surface area contributed by atoms with E-state index in [-0.39, 0.29) is 11.8 Å². The van der Waals surface area contributed by atoms with Crippen molar-refractivity contribution in [2.24, 2.45) is 5.92 Å². The van der Waals surface area contributed by atoms with Gasteiger partial charge >= 0.3 is 0 Å². The average Bonchev–Trinajstić information content (AvgIpc) is 2.83. The number of amides is 1. The van der Waals surface area contributed by atoms with Crippen molar-refractivity contribution in [3.05, 3.63) is 31.0 Å². The molecule has 0 bridgehead atoms. The van der Waals surface area contributed by atoms with Crippen LogP contribution >= 0.6 is 0 Å². The Morgan fingerprint density at radius 1 is 1.41 bits per heavy atom. The SMILES string of the molecule is CC(C)C(=O)Nc1ccc(-n2cncn2)nc1. The molecule has 0 saturated heterocycles. The molecular formula is C11H13N5O. The van der Waals surface area contributed by atoms with Crippen molar-refractivity contribution in [3.8, 4) is 5.82 Å². The zero-order chi connectivity index (χ0) is 12.3. The molecule has 0 aliphatic carbocycles. The molecule has 0 radical (unpaired) electrons. The Kier molecular flexibility index (Phi) is 3.13. The number of pyridine rings is 1. The second-order valence-corrected chi connectivity index (χ2v) is 3.89. The number of aromatic nitrogens is 4. The first-order chi connectivity index (χ1) is 8.16. The number of hydrogen-bond acceptors (Lipinski definition) is 4. The van der Waals surface area contributed by atoms with E-state index in [0.717, 1.165) is 0 Å². The van der Waals surface area contributed by atoms with Gasteiger partial charge in [-0.2, -0.15) is 5.10 Å². The highest BCUT2D eigenvalue weighted by Gasteiger charge is 2.07. The van der Waals surface area contributed by atoms with Crippen LogP contribution in [0.15, 0.2) is 31.0 Å². The first-order valence-electron chi connectivity index (χ1n) is 5.29. The predicted molar refractivity (Wildman–Crippen MR) is 62.6 cm³/mol. The van der Waals surface area contributed by atoms with Crippen LogP contribution in [-0.2, 0) is 4.79 Å². The van der Waals surface area contributed by atoms with Crippen LogP contribution in [-0.4, -0.2) is 25.7 Å². The van der Waals surface area contributed by atoms with Crippen molar-refractivity contribution in [2.75, 3.05) is 5.32 Å². The fourth-order valence-corrected chi connectivity index (χ4v) is 1.21. The molecule has 2 aromatic heterocycles. The number of rotatable bonds is 3. The Labute approximate surface area is 98.7 Å². The van der Waals surface area contributed by atoms with Crippen LogP contribution in [0.3, 0.4) is 0 Å².